The fraction of sp³-hybridized carbons (Fsp3) is 0.211. The Morgan fingerprint density at radius 1 is 1.17 bits per heavy atom. The van der Waals surface area contributed by atoms with E-state index in [0.29, 0.717) is 28.7 Å². The third kappa shape index (κ3) is 4.06. The van der Waals surface area contributed by atoms with E-state index in [4.69, 9.17) is 8.94 Å². The highest BCUT2D eigenvalue weighted by Gasteiger charge is 2.20. The van der Waals surface area contributed by atoms with Crippen molar-refractivity contribution in [3.05, 3.63) is 66.6 Å². The Balaban J connectivity index is 1.57. The minimum Gasteiger partial charge on any atom is -0.461 e. The van der Waals surface area contributed by atoms with Crippen molar-refractivity contribution in [3.63, 3.8) is 0 Å². The largest absolute Gasteiger partial charge is 0.461 e. The van der Waals surface area contributed by atoms with Crippen LogP contribution in [0.15, 0.2) is 69.2 Å². The van der Waals surface area contributed by atoms with Crippen LogP contribution in [0.25, 0.3) is 11.6 Å². The van der Waals surface area contributed by atoms with E-state index < -0.39 is 10.0 Å². The van der Waals surface area contributed by atoms with Gasteiger partial charge in [-0.25, -0.2) is 4.98 Å². The molecule has 0 spiro atoms. The van der Waals surface area contributed by atoms with Gasteiger partial charge in [0.1, 0.15) is 0 Å². The first-order valence-electron chi connectivity index (χ1n) is 8.93. The molecule has 29 heavy (non-hydrogen) atoms. The van der Waals surface area contributed by atoms with Crippen LogP contribution < -0.4 is 4.72 Å². The number of imidazole rings is 1. The van der Waals surface area contributed by atoms with E-state index >= 15 is 0 Å². The smallest absolute Gasteiger partial charge is 0.280 e. The van der Waals surface area contributed by atoms with E-state index in [1.165, 1.54) is 18.8 Å². The average Bonchev–Trinajstić information content (AvgIpc) is 3.44. The molecule has 4 rings (SSSR count). The monoisotopic (exact) mass is 413 g/mol. The number of nitrogens with zero attached hydrogens (tertiary/aromatic N) is 4. The molecule has 0 bridgehead atoms. The van der Waals surface area contributed by atoms with Crippen LogP contribution in [0.2, 0.25) is 0 Å². The van der Waals surface area contributed by atoms with Gasteiger partial charge in [0.05, 0.1) is 24.7 Å². The second-order valence-electron chi connectivity index (χ2n) is 6.68. The van der Waals surface area contributed by atoms with Gasteiger partial charge in [0.25, 0.3) is 10.0 Å². The zero-order valence-corrected chi connectivity index (χ0v) is 16.6. The van der Waals surface area contributed by atoms with Gasteiger partial charge in [-0.2, -0.15) is 13.4 Å². The van der Waals surface area contributed by atoms with Crippen molar-refractivity contribution in [1.29, 1.82) is 0 Å². The number of benzene rings is 1. The number of furan rings is 1. The predicted molar refractivity (Wildman–Crippen MR) is 105 cm³/mol. The van der Waals surface area contributed by atoms with Gasteiger partial charge >= 0.3 is 0 Å². The zero-order chi connectivity index (χ0) is 20.4. The lowest BCUT2D eigenvalue weighted by molar-refractivity contribution is 0.384. The Morgan fingerprint density at radius 3 is 2.72 bits per heavy atom. The molecule has 1 aromatic carbocycles. The molecule has 0 aliphatic heterocycles. The molecule has 0 saturated heterocycles. The second-order valence-corrected chi connectivity index (χ2v) is 8.31. The van der Waals surface area contributed by atoms with E-state index in [1.54, 1.807) is 34.9 Å². The molecule has 0 amide bonds. The Labute approximate surface area is 167 Å². The second kappa shape index (κ2) is 7.55. The summed E-state index contributed by atoms with van der Waals surface area (Å²) in [4.78, 5) is 8.31. The Kier molecular flexibility index (Phi) is 4.93. The van der Waals surface area contributed by atoms with Gasteiger partial charge < -0.3 is 13.5 Å². The molecule has 0 aliphatic rings. The van der Waals surface area contributed by atoms with Crippen LogP contribution in [0.5, 0.6) is 0 Å². The first kappa shape index (κ1) is 18.9. The van der Waals surface area contributed by atoms with E-state index in [1.807, 2.05) is 19.9 Å². The maximum atomic E-state index is 12.8. The van der Waals surface area contributed by atoms with Gasteiger partial charge in [0.15, 0.2) is 10.8 Å². The number of rotatable bonds is 7. The Morgan fingerprint density at radius 2 is 2.00 bits per heavy atom. The molecule has 9 nitrogen and oxygen atoms in total. The van der Waals surface area contributed by atoms with Gasteiger partial charge in [0.2, 0.25) is 11.7 Å². The molecular weight excluding hydrogens is 394 g/mol. The first-order chi connectivity index (χ1) is 13.9. The van der Waals surface area contributed by atoms with Gasteiger partial charge in [0, 0.05) is 12.2 Å². The Bertz CT molecular complexity index is 1210. The van der Waals surface area contributed by atoms with Crippen molar-refractivity contribution in [1.82, 2.24) is 19.7 Å². The summed E-state index contributed by atoms with van der Waals surface area (Å²) in [7, 11) is -3.83. The van der Waals surface area contributed by atoms with Crippen molar-refractivity contribution >= 4 is 15.7 Å². The third-order valence-corrected chi connectivity index (χ3v) is 5.51. The normalized spacial score (nSPS) is 11.8. The third-order valence-electron chi connectivity index (χ3n) is 4.26. The van der Waals surface area contributed by atoms with Crippen molar-refractivity contribution in [2.75, 3.05) is 4.72 Å². The van der Waals surface area contributed by atoms with Gasteiger partial charge in [-0.1, -0.05) is 23.4 Å². The summed E-state index contributed by atoms with van der Waals surface area (Å²) in [6.07, 6.45) is 4.78. The summed E-state index contributed by atoms with van der Waals surface area (Å²) in [5, 5.41) is 3.85. The fourth-order valence-corrected chi connectivity index (χ4v) is 3.75. The van der Waals surface area contributed by atoms with E-state index in [0.717, 1.165) is 0 Å². The van der Waals surface area contributed by atoms with Crippen molar-refractivity contribution in [2.24, 2.45) is 0 Å². The number of nitrogens with one attached hydrogen (secondary N) is 1. The lowest BCUT2D eigenvalue weighted by Gasteiger charge is -2.10. The van der Waals surface area contributed by atoms with Crippen LogP contribution in [0.4, 0.5) is 5.69 Å². The Hall–Kier alpha value is -3.40. The van der Waals surface area contributed by atoms with Crippen LogP contribution in [-0.4, -0.2) is 28.1 Å². The summed E-state index contributed by atoms with van der Waals surface area (Å²) in [5.41, 5.74) is 1.11. The van der Waals surface area contributed by atoms with Gasteiger partial charge in [-0.05, 0) is 37.6 Å². The van der Waals surface area contributed by atoms with Crippen molar-refractivity contribution < 1.29 is 17.4 Å². The summed E-state index contributed by atoms with van der Waals surface area (Å²) < 4.78 is 40.4. The molecule has 3 aromatic heterocycles. The van der Waals surface area contributed by atoms with Crippen LogP contribution in [0.3, 0.4) is 0 Å². The highest BCUT2D eigenvalue weighted by Crippen LogP contribution is 2.23. The fourth-order valence-electron chi connectivity index (χ4n) is 2.71. The van der Waals surface area contributed by atoms with Crippen LogP contribution in [-0.2, 0) is 16.4 Å². The molecule has 150 valence electrons. The summed E-state index contributed by atoms with van der Waals surface area (Å²) in [6, 6.07) is 10.6. The SMILES string of the molecule is CC(C)n1cnc(S(=O)(=O)Nc2ccccc2Cc2nc(-c3ccco3)no2)c1. The van der Waals surface area contributed by atoms with Crippen LogP contribution in [0, 0.1) is 0 Å². The van der Waals surface area contributed by atoms with Crippen molar-refractivity contribution in [2.45, 2.75) is 31.3 Å². The van der Waals surface area contributed by atoms with Gasteiger partial charge in [-0.15, -0.1) is 0 Å². The number of sulfonamides is 1. The molecule has 1 N–H and O–H groups in total. The molecule has 0 saturated carbocycles. The molecule has 0 atom stereocenters. The highest BCUT2D eigenvalue weighted by molar-refractivity contribution is 7.92. The molecule has 0 radical (unpaired) electrons. The van der Waals surface area contributed by atoms with E-state index in [-0.39, 0.29) is 17.5 Å². The number of para-hydroxylation sites is 1. The minimum absolute atomic E-state index is 0.0427. The standard InChI is InChI=1S/C19H19N5O4S/c1-13(2)24-11-18(20-12-24)29(25,26)23-15-7-4-3-6-14(15)10-17-21-19(22-28-17)16-8-5-9-27-16/h3-9,11-13,23H,10H2,1-2H3. The minimum atomic E-state index is -3.83. The van der Waals surface area contributed by atoms with E-state index in [9.17, 15) is 8.42 Å². The molecule has 3 heterocycles. The van der Waals surface area contributed by atoms with Crippen molar-refractivity contribution in [3.8, 4) is 11.6 Å². The molecule has 0 fully saturated rings. The summed E-state index contributed by atoms with van der Waals surface area (Å²) in [6.45, 7) is 3.89. The number of anilines is 1. The molecule has 0 aliphatic carbocycles. The maximum absolute atomic E-state index is 12.8. The summed E-state index contributed by atoms with van der Waals surface area (Å²) >= 11 is 0. The molecule has 4 aromatic rings. The number of hydrogen-bond donors (Lipinski definition) is 1. The van der Waals surface area contributed by atoms with Crippen LogP contribution in [0.1, 0.15) is 31.3 Å². The maximum Gasteiger partial charge on any atom is 0.280 e. The number of aromatic nitrogens is 4. The van der Waals surface area contributed by atoms with Gasteiger partial charge in [-0.3, -0.25) is 4.72 Å². The first-order valence-corrected chi connectivity index (χ1v) is 10.4. The molecular formula is C19H19N5O4S. The van der Waals surface area contributed by atoms with Crippen LogP contribution >= 0.6 is 0 Å². The zero-order valence-electron chi connectivity index (χ0n) is 15.8. The predicted octanol–water partition coefficient (Wildman–Crippen LogP) is 3.50. The lowest BCUT2D eigenvalue weighted by Crippen LogP contribution is -2.15. The lowest BCUT2D eigenvalue weighted by atomic mass is 10.1. The molecule has 10 heteroatoms. The average molecular weight is 413 g/mol. The summed E-state index contributed by atoms with van der Waals surface area (Å²) in [5.74, 6) is 1.17. The molecule has 0 unspecified atom stereocenters. The highest BCUT2D eigenvalue weighted by atomic mass is 32.2. The van der Waals surface area contributed by atoms with E-state index in [2.05, 4.69) is 19.8 Å². The quantitative estimate of drug-likeness (QED) is 0.493. The topological polar surface area (TPSA) is 116 Å². The number of hydrogen-bond acceptors (Lipinski definition) is 7.